The maximum absolute atomic E-state index is 14.8. The average molecular weight is 522 g/mol. The Balaban J connectivity index is 1.45. The minimum atomic E-state index is -4.79. The molecule has 4 heterocycles. The average Bonchev–Trinajstić information content (AvgIpc) is 3.17. The van der Waals surface area contributed by atoms with Crippen LogP contribution >= 0.6 is 0 Å². The summed E-state index contributed by atoms with van der Waals surface area (Å²) in [4.78, 5) is 22.9. The molecule has 2 aliphatic heterocycles. The number of ether oxygens (including phenoxy) is 2. The largest absolute Gasteiger partial charge is 0.419 e. The van der Waals surface area contributed by atoms with Gasteiger partial charge in [-0.1, -0.05) is 12.1 Å². The molecule has 1 fully saturated rings. The SMILES string of the molecule is COCC(=O)N1CC(C2OCCn3c2cc2c(N[C@H](C)c4cccc(C(F)(F)F)c4F)nc(C)nc23)C1. The summed E-state index contributed by atoms with van der Waals surface area (Å²) in [5, 5.41) is 3.77. The van der Waals surface area contributed by atoms with Crippen molar-refractivity contribution in [3.63, 3.8) is 0 Å². The van der Waals surface area contributed by atoms with Crippen LogP contribution in [-0.2, 0) is 27.0 Å². The second kappa shape index (κ2) is 9.56. The number of anilines is 1. The van der Waals surface area contributed by atoms with Gasteiger partial charge < -0.3 is 24.3 Å². The lowest BCUT2D eigenvalue weighted by Gasteiger charge is -2.44. The smallest absolute Gasteiger partial charge is 0.375 e. The molecule has 12 heteroatoms. The molecule has 0 saturated carbocycles. The van der Waals surface area contributed by atoms with E-state index < -0.39 is 23.6 Å². The summed E-state index contributed by atoms with van der Waals surface area (Å²) in [6.45, 7) is 5.49. The van der Waals surface area contributed by atoms with Gasteiger partial charge in [-0.2, -0.15) is 13.2 Å². The molecule has 1 aromatic carbocycles. The van der Waals surface area contributed by atoms with Crippen molar-refractivity contribution in [2.24, 2.45) is 5.92 Å². The second-order valence-corrected chi connectivity index (χ2v) is 9.43. The van der Waals surface area contributed by atoms with E-state index in [1.54, 1.807) is 18.7 Å². The van der Waals surface area contributed by atoms with Crippen molar-refractivity contribution in [1.29, 1.82) is 0 Å². The van der Waals surface area contributed by atoms with Gasteiger partial charge in [0.15, 0.2) is 0 Å². The quantitative estimate of drug-likeness (QED) is 0.489. The van der Waals surface area contributed by atoms with E-state index in [9.17, 15) is 22.4 Å². The van der Waals surface area contributed by atoms with Crippen molar-refractivity contribution >= 4 is 22.8 Å². The van der Waals surface area contributed by atoms with Crippen LogP contribution in [0.1, 0.15) is 41.7 Å². The fraction of sp³-hybridized carbons (Fsp3) is 0.480. The first kappa shape index (κ1) is 25.4. The Kier molecular flexibility index (Phi) is 6.57. The van der Waals surface area contributed by atoms with Crippen LogP contribution in [-0.4, -0.2) is 58.8 Å². The summed E-state index contributed by atoms with van der Waals surface area (Å²) in [7, 11) is 1.48. The Bertz CT molecular complexity index is 1340. The van der Waals surface area contributed by atoms with E-state index in [0.717, 1.165) is 11.8 Å². The molecule has 198 valence electrons. The fourth-order valence-corrected chi connectivity index (χ4v) is 5.08. The van der Waals surface area contributed by atoms with Gasteiger partial charge in [0.1, 0.15) is 35.8 Å². The van der Waals surface area contributed by atoms with Gasteiger partial charge in [-0.15, -0.1) is 0 Å². The van der Waals surface area contributed by atoms with Crippen LogP contribution in [0.3, 0.4) is 0 Å². The number of benzene rings is 1. The summed E-state index contributed by atoms with van der Waals surface area (Å²) in [6.07, 6.45) is -5.04. The van der Waals surface area contributed by atoms with Gasteiger partial charge in [0, 0.05) is 43.9 Å². The fourth-order valence-electron chi connectivity index (χ4n) is 5.08. The van der Waals surface area contributed by atoms with Crippen LogP contribution in [0, 0.1) is 18.7 Å². The first-order chi connectivity index (χ1) is 17.6. The minimum Gasteiger partial charge on any atom is -0.375 e. The third-order valence-corrected chi connectivity index (χ3v) is 6.91. The van der Waals surface area contributed by atoms with Gasteiger partial charge in [0.25, 0.3) is 0 Å². The van der Waals surface area contributed by atoms with E-state index in [1.807, 2.05) is 6.07 Å². The number of rotatable bonds is 6. The number of halogens is 4. The lowest BCUT2D eigenvalue weighted by Crippen LogP contribution is -2.54. The summed E-state index contributed by atoms with van der Waals surface area (Å²) >= 11 is 0. The molecule has 0 spiro atoms. The molecule has 2 atom stereocenters. The number of nitrogens with zero attached hydrogens (tertiary/aromatic N) is 4. The molecule has 1 saturated heterocycles. The number of carbonyl (C=O) groups is 1. The Morgan fingerprint density at radius 3 is 2.76 bits per heavy atom. The number of amides is 1. The predicted molar refractivity (Wildman–Crippen MR) is 126 cm³/mol. The zero-order chi connectivity index (χ0) is 26.5. The van der Waals surface area contributed by atoms with Crippen LogP contribution in [0.4, 0.5) is 23.4 Å². The number of methoxy groups -OCH3 is 1. The summed E-state index contributed by atoms with van der Waals surface area (Å²) in [6, 6.07) is 4.37. The molecule has 5 rings (SSSR count). The van der Waals surface area contributed by atoms with Crippen molar-refractivity contribution in [3.05, 3.63) is 52.7 Å². The van der Waals surface area contributed by atoms with Gasteiger partial charge in [-0.3, -0.25) is 4.79 Å². The first-order valence-electron chi connectivity index (χ1n) is 12.0. The van der Waals surface area contributed by atoms with Crippen LogP contribution in [0.2, 0.25) is 0 Å². The maximum atomic E-state index is 14.8. The van der Waals surface area contributed by atoms with Crippen molar-refractivity contribution in [2.75, 3.05) is 38.7 Å². The van der Waals surface area contributed by atoms with Gasteiger partial charge in [0.2, 0.25) is 5.91 Å². The lowest BCUT2D eigenvalue weighted by atomic mass is 9.90. The highest BCUT2D eigenvalue weighted by Gasteiger charge is 2.41. The topological polar surface area (TPSA) is 81.5 Å². The standard InChI is InChI=1S/C25H27F4N5O3/c1-13(16-5-4-6-18(21(16)26)25(27,28)29)30-23-17-9-19-22(15-10-33(11-15)20(35)12-36-3)37-8-7-34(19)24(17)32-14(2)31-23/h4-6,9,13,15,22H,7-8,10-12H2,1-3H3,(H,30,31,32)/t13-,22?/m1/s1. The van der Waals surface area contributed by atoms with E-state index in [2.05, 4.69) is 19.9 Å². The normalized spacial score (nSPS) is 19.0. The monoisotopic (exact) mass is 521 g/mol. The maximum Gasteiger partial charge on any atom is 0.419 e. The number of aromatic nitrogens is 3. The first-order valence-corrected chi connectivity index (χ1v) is 12.0. The van der Waals surface area contributed by atoms with Gasteiger partial charge in [-0.25, -0.2) is 14.4 Å². The van der Waals surface area contributed by atoms with E-state index >= 15 is 0 Å². The molecule has 0 radical (unpaired) electrons. The van der Waals surface area contributed by atoms with E-state index in [0.29, 0.717) is 48.9 Å². The number of fused-ring (bicyclic) bond motifs is 3. The molecule has 1 unspecified atom stereocenters. The highest BCUT2D eigenvalue weighted by Crippen LogP contribution is 2.40. The Labute approximate surface area is 210 Å². The molecule has 37 heavy (non-hydrogen) atoms. The summed E-state index contributed by atoms with van der Waals surface area (Å²) in [5.41, 5.74) is 0.146. The highest BCUT2D eigenvalue weighted by atomic mass is 19.4. The Morgan fingerprint density at radius 1 is 1.30 bits per heavy atom. The Morgan fingerprint density at radius 2 is 2.05 bits per heavy atom. The van der Waals surface area contributed by atoms with Gasteiger partial charge >= 0.3 is 6.18 Å². The number of hydrogen-bond donors (Lipinski definition) is 1. The molecule has 0 bridgehead atoms. The molecule has 2 aliphatic rings. The van der Waals surface area contributed by atoms with Crippen molar-refractivity contribution in [1.82, 2.24) is 19.4 Å². The number of nitrogens with one attached hydrogen (secondary N) is 1. The summed E-state index contributed by atoms with van der Waals surface area (Å²) in [5.74, 6) is -0.403. The van der Waals surface area contributed by atoms with Crippen LogP contribution in [0.5, 0.6) is 0 Å². The highest BCUT2D eigenvalue weighted by molar-refractivity contribution is 5.89. The number of alkyl halides is 3. The number of hydrogen-bond acceptors (Lipinski definition) is 6. The Hall–Kier alpha value is -3.25. The molecular weight excluding hydrogens is 494 g/mol. The summed E-state index contributed by atoms with van der Waals surface area (Å²) < 4.78 is 67.5. The minimum absolute atomic E-state index is 0.0348. The van der Waals surface area contributed by atoms with Crippen molar-refractivity contribution in [3.8, 4) is 0 Å². The number of carbonyl (C=O) groups excluding carboxylic acids is 1. The molecule has 1 N–H and O–H groups in total. The van der Waals surface area contributed by atoms with Crippen LogP contribution in [0.25, 0.3) is 11.0 Å². The third kappa shape index (κ3) is 4.63. The van der Waals surface area contributed by atoms with Crippen LogP contribution < -0.4 is 5.32 Å². The molecule has 2 aromatic heterocycles. The van der Waals surface area contributed by atoms with E-state index in [1.165, 1.54) is 19.2 Å². The lowest BCUT2D eigenvalue weighted by molar-refractivity contribution is -0.147. The van der Waals surface area contributed by atoms with Crippen molar-refractivity contribution < 1.29 is 31.8 Å². The molecular formula is C25H27F4N5O3. The third-order valence-electron chi connectivity index (χ3n) is 6.91. The van der Waals surface area contributed by atoms with Crippen LogP contribution in [0.15, 0.2) is 24.3 Å². The molecule has 1 amide bonds. The molecule has 3 aromatic rings. The van der Waals surface area contributed by atoms with Crippen molar-refractivity contribution in [2.45, 2.75) is 38.7 Å². The molecule has 8 nitrogen and oxygen atoms in total. The van der Waals surface area contributed by atoms with Gasteiger partial charge in [0.05, 0.1) is 23.6 Å². The molecule has 0 aliphatic carbocycles. The second-order valence-electron chi connectivity index (χ2n) is 9.43. The van der Waals surface area contributed by atoms with E-state index in [-0.39, 0.29) is 30.1 Å². The van der Waals surface area contributed by atoms with E-state index in [4.69, 9.17) is 9.47 Å². The number of aryl methyl sites for hydroxylation is 1. The zero-order valence-electron chi connectivity index (χ0n) is 20.6. The van der Waals surface area contributed by atoms with Gasteiger partial charge in [-0.05, 0) is 26.0 Å². The number of likely N-dealkylation sites (tertiary alicyclic amines) is 1. The zero-order valence-corrected chi connectivity index (χ0v) is 20.6. The predicted octanol–water partition coefficient (Wildman–Crippen LogP) is 4.25.